The number of hydrogen-bond acceptors (Lipinski definition) is 6. The van der Waals surface area contributed by atoms with Crippen LogP contribution in [0.3, 0.4) is 0 Å². The van der Waals surface area contributed by atoms with Crippen molar-refractivity contribution in [1.82, 2.24) is 20.1 Å². The van der Waals surface area contributed by atoms with E-state index in [0.29, 0.717) is 29.8 Å². The molecule has 0 saturated carbocycles. The fourth-order valence-corrected chi connectivity index (χ4v) is 3.90. The molecule has 1 atom stereocenters. The maximum absolute atomic E-state index is 13.9. The number of halogens is 1. The Balaban J connectivity index is 1.63. The van der Waals surface area contributed by atoms with Crippen LogP contribution in [-0.4, -0.2) is 38.9 Å². The second-order valence-electron chi connectivity index (χ2n) is 7.21. The second-order valence-corrected chi connectivity index (χ2v) is 8.15. The van der Waals surface area contributed by atoms with Crippen LogP contribution in [0.4, 0.5) is 10.1 Å². The molecule has 0 fully saturated rings. The van der Waals surface area contributed by atoms with Gasteiger partial charge < -0.3 is 19.9 Å². The molecule has 178 valence electrons. The van der Waals surface area contributed by atoms with Crippen LogP contribution >= 0.6 is 11.8 Å². The van der Waals surface area contributed by atoms with E-state index in [2.05, 4.69) is 27.4 Å². The van der Waals surface area contributed by atoms with Gasteiger partial charge in [-0.3, -0.25) is 9.59 Å². The van der Waals surface area contributed by atoms with E-state index in [0.717, 1.165) is 5.75 Å². The molecule has 0 radical (unpaired) electrons. The predicted molar refractivity (Wildman–Crippen MR) is 129 cm³/mol. The van der Waals surface area contributed by atoms with Crippen LogP contribution in [-0.2, 0) is 11.3 Å². The number of nitrogens with one attached hydrogen (secondary N) is 2. The number of thioether (sulfide) groups is 1. The van der Waals surface area contributed by atoms with Gasteiger partial charge in [0.1, 0.15) is 11.6 Å². The Morgan fingerprint density at radius 2 is 1.94 bits per heavy atom. The van der Waals surface area contributed by atoms with Gasteiger partial charge in [-0.1, -0.05) is 30.0 Å². The Bertz CT molecular complexity index is 1150. The maximum atomic E-state index is 13.9. The first-order valence-electron chi connectivity index (χ1n) is 10.7. The van der Waals surface area contributed by atoms with Crippen molar-refractivity contribution in [2.24, 2.45) is 0 Å². The number of amides is 2. The van der Waals surface area contributed by atoms with Gasteiger partial charge in [-0.2, -0.15) is 0 Å². The zero-order valence-electron chi connectivity index (χ0n) is 19.0. The predicted octanol–water partition coefficient (Wildman–Crippen LogP) is 4.22. The van der Waals surface area contributed by atoms with E-state index >= 15 is 0 Å². The van der Waals surface area contributed by atoms with Gasteiger partial charge in [0.15, 0.2) is 11.0 Å². The van der Waals surface area contributed by atoms with E-state index < -0.39 is 17.8 Å². The fraction of sp³-hybridized carbons (Fsp3) is 0.250. The van der Waals surface area contributed by atoms with Gasteiger partial charge in [0.25, 0.3) is 5.91 Å². The van der Waals surface area contributed by atoms with Crippen molar-refractivity contribution in [1.29, 1.82) is 0 Å². The molecule has 2 N–H and O–H groups in total. The summed E-state index contributed by atoms with van der Waals surface area (Å²) < 4.78 is 21.1. The average Bonchev–Trinajstić information content (AvgIpc) is 3.22. The summed E-state index contributed by atoms with van der Waals surface area (Å²) in [4.78, 5) is 24.9. The molecule has 2 amide bonds. The van der Waals surface area contributed by atoms with Gasteiger partial charge in [-0.05, 0) is 50.2 Å². The zero-order valence-corrected chi connectivity index (χ0v) is 19.8. The summed E-state index contributed by atoms with van der Waals surface area (Å²) in [7, 11) is 0. The van der Waals surface area contributed by atoms with Gasteiger partial charge >= 0.3 is 0 Å². The van der Waals surface area contributed by atoms with Crippen LogP contribution in [0.1, 0.15) is 36.1 Å². The van der Waals surface area contributed by atoms with Gasteiger partial charge in [0, 0.05) is 12.2 Å². The first kappa shape index (κ1) is 25.0. The van der Waals surface area contributed by atoms with E-state index in [1.807, 2.05) is 6.92 Å². The molecule has 2 aromatic carbocycles. The van der Waals surface area contributed by atoms with Crippen molar-refractivity contribution in [3.8, 4) is 5.75 Å². The summed E-state index contributed by atoms with van der Waals surface area (Å²) in [5.41, 5.74) is 0.608. The Labute approximate surface area is 201 Å². The number of anilines is 1. The molecule has 10 heteroatoms. The molecule has 0 saturated heterocycles. The van der Waals surface area contributed by atoms with Crippen LogP contribution in [0.5, 0.6) is 5.75 Å². The van der Waals surface area contributed by atoms with Gasteiger partial charge in [-0.25, -0.2) is 4.39 Å². The minimum absolute atomic E-state index is 0.0512. The molecule has 3 rings (SSSR count). The summed E-state index contributed by atoms with van der Waals surface area (Å²) in [6.45, 7) is 8.34. The Morgan fingerprint density at radius 1 is 1.21 bits per heavy atom. The average molecular weight is 484 g/mol. The summed E-state index contributed by atoms with van der Waals surface area (Å²) in [6.07, 6.45) is 1.67. The van der Waals surface area contributed by atoms with Crippen LogP contribution in [0, 0.1) is 5.82 Å². The van der Waals surface area contributed by atoms with E-state index in [1.54, 1.807) is 47.9 Å². The monoisotopic (exact) mass is 483 g/mol. The molecular formula is C24H26FN5O3S. The molecule has 8 nitrogen and oxygen atoms in total. The van der Waals surface area contributed by atoms with Gasteiger partial charge in [0.05, 0.1) is 24.0 Å². The second kappa shape index (κ2) is 12.0. The molecule has 0 unspecified atom stereocenters. The third-order valence-electron chi connectivity index (χ3n) is 4.69. The third-order valence-corrected chi connectivity index (χ3v) is 5.66. The van der Waals surface area contributed by atoms with Crippen molar-refractivity contribution in [2.75, 3.05) is 17.7 Å². The number of hydrogen-bond donors (Lipinski definition) is 2. The molecule has 1 aromatic heterocycles. The summed E-state index contributed by atoms with van der Waals surface area (Å²) in [5.74, 6) is -0.0458. The lowest BCUT2D eigenvalue weighted by Crippen LogP contribution is -2.29. The zero-order chi connectivity index (χ0) is 24.5. The van der Waals surface area contributed by atoms with Crippen LogP contribution in [0.15, 0.2) is 66.3 Å². The number of nitrogens with zero attached hydrogens (tertiary/aromatic N) is 3. The lowest BCUT2D eigenvalue weighted by atomic mass is 10.2. The molecular weight excluding hydrogens is 457 g/mol. The lowest BCUT2D eigenvalue weighted by molar-refractivity contribution is -0.113. The van der Waals surface area contributed by atoms with Crippen molar-refractivity contribution >= 4 is 29.3 Å². The molecule has 0 aliphatic rings. The Hall–Kier alpha value is -3.66. The van der Waals surface area contributed by atoms with Gasteiger partial charge in [0.2, 0.25) is 5.91 Å². The molecule has 1 heterocycles. The lowest BCUT2D eigenvalue weighted by Gasteiger charge is -2.15. The van der Waals surface area contributed by atoms with Crippen molar-refractivity contribution in [3.05, 3.63) is 78.4 Å². The van der Waals surface area contributed by atoms with Gasteiger partial charge in [-0.15, -0.1) is 16.8 Å². The summed E-state index contributed by atoms with van der Waals surface area (Å²) in [5, 5.41) is 14.4. The standard InChI is InChI=1S/C24H26FN5O3S/c1-4-14-30-22(16(3)26-23(32)19-8-6-7-9-20(19)25)28-29-24(30)34-15-21(31)27-17-10-12-18(13-11-17)33-5-2/h4,6-13,16H,1,5,14-15H2,2-3H3,(H,26,32)(H,27,31)/t16-/m1/s1. The molecule has 3 aromatic rings. The number of allylic oxidation sites excluding steroid dienone is 1. The van der Waals surface area contributed by atoms with E-state index in [1.165, 1.54) is 30.0 Å². The highest BCUT2D eigenvalue weighted by atomic mass is 32.2. The van der Waals surface area contributed by atoms with Crippen molar-refractivity contribution in [3.63, 3.8) is 0 Å². The number of benzene rings is 2. The fourth-order valence-electron chi connectivity index (χ4n) is 3.14. The highest BCUT2D eigenvalue weighted by molar-refractivity contribution is 7.99. The Morgan fingerprint density at radius 3 is 2.62 bits per heavy atom. The van der Waals surface area contributed by atoms with Crippen molar-refractivity contribution < 1.29 is 18.7 Å². The smallest absolute Gasteiger partial charge is 0.254 e. The number of rotatable bonds is 11. The summed E-state index contributed by atoms with van der Waals surface area (Å²) in [6, 6.07) is 12.3. The number of aromatic nitrogens is 3. The number of carbonyl (C=O) groups excluding carboxylic acids is 2. The van der Waals surface area contributed by atoms with Crippen LogP contribution in [0.2, 0.25) is 0 Å². The van der Waals surface area contributed by atoms with Crippen LogP contribution in [0.25, 0.3) is 0 Å². The summed E-state index contributed by atoms with van der Waals surface area (Å²) >= 11 is 1.21. The number of ether oxygens (including phenoxy) is 1. The quantitative estimate of drug-likeness (QED) is 0.313. The first-order valence-corrected chi connectivity index (χ1v) is 11.7. The maximum Gasteiger partial charge on any atom is 0.254 e. The topological polar surface area (TPSA) is 98.1 Å². The number of carbonyl (C=O) groups is 2. The van der Waals surface area contributed by atoms with E-state index in [4.69, 9.17) is 4.74 Å². The van der Waals surface area contributed by atoms with Crippen LogP contribution < -0.4 is 15.4 Å². The minimum atomic E-state index is -0.602. The normalized spacial score (nSPS) is 11.5. The minimum Gasteiger partial charge on any atom is -0.494 e. The van der Waals surface area contributed by atoms with E-state index in [9.17, 15) is 14.0 Å². The van der Waals surface area contributed by atoms with Crippen molar-refractivity contribution in [2.45, 2.75) is 31.6 Å². The molecule has 0 spiro atoms. The van der Waals surface area contributed by atoms with E-state index in [-0.39, 0.29) is 17.2 Å². The Kier molecular flexibility index (Phi) is 8.80. The highest BCUT2D eigenvalue weighted by Gasteiger charge is 2.21. The molecule has 0 aliphatic carbocycles. The largest absolute Gasteiger partial charge is 0.494 e. The highest BCUT2D eigenvalue weighted by Crippen LogP contribution is 2.22. The third kappa shape index (κ3) is 6.44. The first-order chi connectivity index (χ1) is 16.4. The molecule has 0 bridgehead atoms. The molecule has 0 aliphatic heterocycles. The SMILES string of the molecule is C=CCn1c(SCC(=O)Nc2ccc(OCC)cc2)nnc1[C@@H](C)NC(=O)c1ccccc1F. The molecule has 34 heavy (non-hydrogen) atoms.